The second-order valence-electron chi connectivity index (χ2n) is 5.88. The lowest BCUT2D eigenvalue weighted by atomic mass is 10.2. The van der Waals surface area contributed by atoms with Crippen LogP contribution >= 0.6 is 31.9 Å². The molecule has 0 atom stereocenters. The Kier molecular flexibility index (Phi) is 8.31. The summed E-state index contributed by atoms with van der Waals surface area (Å²) in [4.78, 5) is 24.1. The third kappa shape index (κ3) is 6.36. The molecule has 144 valence electrons. The normalized spacial score (nSPS) is 10.5. The Morgan fingerprint density at radius 3 is 2.19 bits per heavy atom. The van der Waals surface area contributed by atoms with Crippen molar-refractivity contribution < 1.29 is 24.2 Å². The highest BCUT2D eigenvalue weighted by Gasteiger charge is 2.20. The van der Waals surface area contributed by atoms with Crippen LogP contribution in [0.3, 0.4) is 0 Å². The Morgan fingerprint density at radius 1 is 0.926 bits per heavy atom. The van der Waals surface area contributed by atoms with Crippen LogP contribution < -0.4 is 9.47 Å². The average molecular weight is 500 g/mol. The number of ether oxygens (including phenoxy) is 2. The summed E-state index contributed by atoms with van der Waals surface area (Å²) in [5.74, 6) is -1.47. The molecule has 0 aliphatic rings. The van der Waals surface area contributed by atoms with Crippen molar-refractivity contribution in [2.75, 3.05) is 6.61 Å². The lowest BCUT2D eigenvalue weighted by molar-refractivity contribution is 0.0680. The van der Waals surface area contributed by atoms with Gasteiger partial charge in [-0.2, -0.15) is 0 Å². The number of halogens is 2. The fourth-order valence-corrected chi connectivity index (χ4v) is 3.13. The summed E-state index contributed by atoms with van der Waals surface area (Å²) in [5.41, 5.74) is 0.133. The summed E-state index contributed by atoms with van der Waals surface area (Å²) in [6.07, 6.45) is 4.23. The second-order valence-corrected chi connectivity index (χ2v) is 7.72. The minimum absolute atomic E-state index is 0.0235. The van der Waals surface area contributed by atoms with E-state index < -0.39 is 11.9 Å². The smallest absolute Gasteiger partial charge is 0.347 e. The maximum Gasteiger partial charge on any atom is 0.347 e. The van der Waals surface area contributed by atoms with Gasteiger partial charge in [-0.3, -0.25) is 0 Å². The number of unbranched alkanes of at least 4 members (excludes halogenated alkanes) is 3. The lowest BCUT2D eigenvalue weighted by Crippen LogP contribution is -2.13. The molecule has 0 aliphatic heterocycles. The van der Waals surface area contributed by atoms with Crippen molar-refractivity contribution in [2.45, 2.75) is 32.6 Å². The molecule has 0 unspecified atom stereocenters. The molecule has 2 aromatic carbocycles. The number of benzene rings is 2. The quantitative estimate of drug-likeness (QED) is 0.257. The summed E-state index contributed by atoms with van der Waals surface area (Å²) in [5, 5.41) is 9.31. The van der Waals surface area contributed by atoms with Crippen LogP contribution in [0, 0.1) is 0 Å². The van der Waals surface area contributed by atoms with E-state index in [0.717, 1.165) is 25.7 Å². The van der Waals surface area contributed by atoms with E-state index in [0.29, 0.717) is 21.3 Å². The van der Waals surface area contributed by atoms with Crippen LogP contribution in [0.1, 0.15) is 53.3 Å². The van der Waals surface area contributed by atoms with Crippen molar-refractivity contribution in [3.8, 4) is 11.5 Å². The van der Waals surface area contributed by atoms with Gasteiger partial charge in [0.25, 0.3) is 0 Å². The first-order valence-electron chi connectivity index (χ1n) is 8.59. The SMILES string of the molecule is CCCCCCOc1ccc(Br)cc1C(=O)Oc1ccc(Br)cc1C(=O)O. The van der Waals surface area contributed by atoms with Gasteiger partial charge < -0.3 is 14.6 Å². The maximum atomic E-state index is 12.7. The van der Waals surface area contributed by atoms with Gasteiger partial charge in [-0.1, -0.05) is 58.0 Å². The zero-order chi connectivity index (χ0) is 19.8. The van der Waals surface area contributed by atoms with E-state index in [2.05, 4.69) is 38.8 Å². The molecule has 0 aliphatic carbocycles. The zero-order valence-corrected chi connectivity index (χ0v) is 18.0. The number of carbonyl (C=O) groups excluding carboxylic acids is 1. The highest BCUT2D eigenvalue weighted by Crippen LogP contribution is 2.28. The molecular weight excluding hydrogens is 480 g/mol. The minimum Gasteiger partial charge on any atom is -0.493 e. The van der Waals surface area contributed by atoms with E-state index in [4.69, 9.17) is 9.47 Å². The van der Waals surface area contributed by atoms with Gasteiger partial charge in [0.05, 0.1) is 6.61 Å². The molecule has 0 bridgehead atoms. The van der Waals surface area contributed by atoms with Gasteiger partial charge >= 0.3 is 11.9 Å². The van der Waals surface area contributed by atoms with Gasteiger partial charge in [0.1, 0.15) is 22.6 Å². The van der Waals surface area contributed by atoms with Crippen molar-refractivity contribution in [2.24, 2.45) is 0 Å². The van der Waals surface area contributed by atoms with Crippen molar-refractivity contribution in [3.63, 3.8) is 0 Å². The van der Waals surface area contributed by atoms with Crippen LogP contribution in [-0.4, -0.2) is 23.7 Å². The molecule has 0 amide bonds. The fourth-order valence-electron chi connectivity index (χ4n) is 2.41. The summed E-state index contributed by atoms with van der Waals surface area (Å²) >= 11 is 6.55. The van der Waals surface area contributed by atoms with Crippen molar-refractivity contribution in [1.29, 1.82) is 0 Å². The first-order chi connectivity index (χ1) is 12.9. The van der Waals surface area contributed by atoms with E-state index in [1.54, 1.807) is 24.3 Å². The number of carboxylic acids is 1. The fraction of sp³-hybridized carbons (Fsp3) is 0.300. The predicted molar refractivity (Wildman–Crippen MR) is 110 cm³/mol. The number of hydrogen-bond acceptors (Lipinski definition) is 4. The van der Waals surface area contributed by atoms with Crippen LogP contribution in [0.2, 0.25) is 0 Å². The minimum atomic E-state index is -1.18. The molecular formula is C20H20Br2O5. The van der Waals surface area contributed by atoms with Crippen LogP contribution in [0.15, 0.2) is 45.3 Å². The Bertz CT molecular complexity index is 820. The maximum absolute atomic E-state index is 12.7. The Morgan fingerprint density at radius 2 is 1.56 bits per heavy atom. The summed E-state index contributed by atoms with van der Waals surface area (Å²) < 4.78 is 12.4. The topological polar surface area (TPSA) is 72.8 Å². The third-order valence-electron chi connectivity index (χ3n) is 3.79. The number of carbonyl (C=O) groups is 2. The highest BCUT2D eigenvalue weighted by molar-refractivity contribution is 9.10. The molecule has 0 saturated heterocycles. The van der Waals surface area contributed by atoms with Crippen LogP contribution in [0.5, 0.6) is 11.5 Å². The molecule has 0 heterocycles. The molecule has 0 aromatic heterocycles. The van der Waals surface area contributed by atoms with Crippen LogP contribution in [0.4, 0.5) is 0 Å². The second kappa shape index (κ2) is 10.5. The van der Waals surface area contributed by atoms with E-state index in [9.17, 15) is 14.7 Å². The van der Waals surface area contributed by atoms with Crippen molar-refractivity contribution in [1.82, 2.24) is 0 Å². The molecule has 1 N–H and O–H groups in total. The average Bonchev–Trinajstić information content (AvgIpc) is 2.63. The van der Waals surface area contributed by atoms with Crippen molar-refractivity contribution in [3.05, 3.63) is 56.5 Å². The summed E-state index contributed by atoms with van der Waals surface area (Å²) in [6.45, 7) is 2.64. The first-order valence-corrected chi connectivity index (χ1v) is 10.2. The molecule has 0 saturated carbocycles. The number of hydrogen-bond donors (Lipinski definition) is 1. The highest BCUT2D eigenvalue weighted by atomic mass is 79.9. The molecule has 0 fully saturated rings. The predicted octanol–water partition coefficient (Wildman–Crippen LogP) is 6.09. The molecule has 7 heteroatoms. The van der Waals surface area contributed by atoms with Gasteiger partial charge in [-0.05, 0) is 42.8 Å². The van der Waals surface area contributed by atoms with Crippen LogP contribution in [-0.2, 0) is 0 Å². The summed E-state index contributed by atoms with van der Waals surface area (Å²) in [6, 6.07) is 9.51. The Labute approximate surface area is 174 Å². The van der Waals surface area contributed by atoms with E-state index in [-0.39, 0.29) is 16.9 Å². The van der Waals surface area contributed by atoms with Gasteiger partial charge in [0, 0.05) is 8.95 Å². The van der Waals surface area contributed by atoms with Gasteiger partial charge in [-0.25, -0.2) is 9.59 Å². The van der Waals surface area contributed by atoms with E-state index in [1.165, 1.54) is 12.1 Å². The standard InChI is InChI=1S/C20H20Br2O5/c1-2-3-4-5-10-26-17-8-6-14(22)12-16(17)20(25)27-18-9-7-13(21)11-15(18)19(23)24/h6-9,11-12H,2-5,10H2,1H3,(H,23,24). The number of carboxylic acid groups (broad SMARTS) is 1. The van der Waals surface area contributed by atoms with Crippen LogP contribution in [0.25, 0.3) is 0 Å². The van der Waals surface area contributed by atoms with Gasteiger partial charge in [0.2, 0.25) is 0 Å². The van der Waals surface area contributed by atoms with E-state index >= 15 is 0 Å². The number of rotatable bonds is 9. The third-order valence-corrected chi connectivity index (χ3v) is 4.78. The Hall–Kier alpha value is -1.86. The largest absolute Gasteiger partial charge is 0.493 e. The molecule has 0 spiro atoms. The Balaban J connectivity index is 2.18. The molecule has 5 nitrogen and oxygen atoms in total. The molecule has 0 radical (unpaired) electrons. The molecule has 27 heavy (non-hydrogen) atoms. The number of esters is 1. The zero-order valence-electron chi connectivity index (χ0n) is 14.8. The van der Waals surface area contributed by atoms with Gasteiger partial charge in [-0.15, -0.1) is 0 Å². The summed E-state index contributed by atoms with van der Waals surface area (Å²) in [7, 11) is 0. The molecule has 2 aromatic rings. The monoisotopic (exact) mass is 498 g/mol. The lowest BCUT2D eigenvalue weighted by Gasteiger charge is -2.13. The molecule has 2 rings (SSSR count). The number of aromatic carboxylic acids is 1. The van der Waals surface area contributed by atoms with E-state index in [1.807, 2.05) is 0 Å². The van der Waals surface area contributed by atoms with Crippen molar-refractivity contribution >= 4 is 43.8 Å². The first kappa shape index (κ1) is 21.4. The van der Waals surface area contributed by atoms with Gasteiger partial charge in [0.15, 0.2) is 0 Å².